The molecule has 0 heterocycles. The molecule has 0 aliphatic heterocycles. The number of rotatable bonds is 7. The molecule has 1 aromatic carbocycles. The number of nitrogens with zero attached hydrogens (tertiary/aromatic N) is 1. The lowest BCUT2D eigenvalue weighted by molar-refractivity contribution is -0.124. The van der Waals surface area contributed by atoms with Crippen molar-refractivity contribution < 1.29 is 9.59 Å². The first-order chi connectivity index (χ1) is 11.0. The molecule has 0 unspecified atom stereocenters. The summed E-state index contributed by atoms with van der Waals surface area (Å²) >= 11 is 0. The van der Waals surface area contributed by atoms with Crippen molar-refractivity contribution in [1.82, 2.24) is 10.2 Å². The highest BCUT2D eigenvalue weighted by Crippen LogP contribution is 2.21. The van der Waals surface area contributed by atoms with Crippen LogP contribution in [0, 0.1) is 20.8 Å². The number of likely N-dealkylation sites (N-methyl/N-ethyl adjacent to an activating group) is 1. The average molecular weight is 333 g/mol. The maximum atomic E-state index is 12.3. The van der Waals surface area contributed by atoms with Gasteiger partial charge in [-0.2, -0.15) is 0 Å². The van der Waals surface area contributed by atoms with E-state index in [4.69, 9.17) is 0 Å². The minimum atomic E-state index is -0.226. The molecule has 0 bridgehead atoms. The molecule has 0 saturated carbocycles. The Hall–Kier alpha value is -1.88. The first-order valence-electron chi connectivity index (χ1n) is 8.41. The number of hydrogen-bond donors (Lipinski definition) is 2. The monoisotopic (exact) mass is 333 g/mol. The van der Waals surface area contributed by atoms with Crippen molar-refractivity contribution in [1.29, 1.82) is 0 Å². The molecule has 2 amide bonds. The summed E-state index contributed by atoms with van der Waals surface area (Å²) < 4.78 is 0. The van der Waals surface area contributed by atoms with Crippen molar-refractivity contribution in [3.63, 3.8) is 0 Å². The van der Waals surface area contributed by atoms with Gasteiger partial charge in [0.2, 0.25) is 11.8 Å². The molecule has 0 atom stereocenters. The van der Waals surface area contributed by atoms with Gasteiger partial charge in [-0.1, -0.05) is 24.6 Å². The molecular weight excluding hydrogens is 302 g/mol. The summed E-state index contributed by atoms with van der Waals surface area (Å²) in [5, 5.41) is 5.93. The predicted octanol–water partition coefficient (Wildman–Crippen LogP) is 2.79. The van der Waals surface area contributed by atoms with Crippen LogP contribution in [-0.2, 0) is 9.59 Å². The Balaban J connectivity index is 2.58. The average Bonchev–Trinajstić information content (AvgIpc) is 2.41. The lowest BCUT2D eigenvalue weighted by Gasteiger charge is -2.26. The van der Waals surface area contributed by atoms with Gasteiger partial charge in [-0.15, -0.1) is 0 Å². The molecule has 1 aromatic rings. The number of aryl methyl sites for hydroxylation is 3. The largest absolute Gasteiger partial charge is 0.350 e. The standard InChI is InChI=1S/C19H31N3O2/c1-8-19(5,6)21-17(24)12-22(7)11-16(23)20-18-14(3)9-13(2)10-15(18)4/h9-10H,8,11-12H2,1-7H3,(H,20,23)(H,21,24). The van der Waals surface area contributed by atoms with E-state index in [1.807, 2.05) is 53.7 Å². The quantitative estimate of drug-likeness (QED) is 0.806. The number of amides is 2. The van der Waals surface area contributed by atoms with Crippen LogP contribution in [0.15, 0.2) is 12.1 Å². The van der Waals surface area contributed by atoms with Crippen molar-refractivity contribution in [3.8, 4) is 0 Å². The summed E-state index contributed by atoms with van der Waals surface area (Å²) in [6.45, 7) is 12.4. The van der Waals surface area contributed by atoms with Crippen molar-refractivity contribution in [3.05, 3.63) is 28.8 Å². The van der Waals surface area contributed by atoms with Crippen LogP contribution >= 0.6 is 0 Å². The molecule has 2 N–H and O–H groups in total. The van der Waals surface area contributed by atoms with Crippen molar-refractivity contribution >= 4 is 17.5 Å². The first kappa shape index (κ1) is 20.2. The molecule has 0 radical (unpaired) electrons. The molecule has 0 saturated heterocycles. The van der Waals surface area contributed by atoms with Crippen molar-refractivity contribution in [2.75, 3.05) is 25.5 Å². The molecule has 0 aliphatic carbocycles. The van der Waals surface area contributed by atoms with Gasteiger partial charge in [0.25, 0.3) is 0 Å². The Kier molecular flexibility index (Phi) is 6.96. The number of anilines is 1. The topological polar surface area (TPSA) is 61.4 Å². The lowest BCUT2D eigenvalue weighted by atomic mass is 10.0. The zero-order valence-corrected chi connectivity index (χ0v) is 16.0. The van der Waals surface area contributed by atoms with E-state index in [0.717, 1.165) is 23.2 Å². The molecule has 5 heteroatoms. The van der Waals surface area contributed by atoms with E-state index >= 15 is 0 Å². The van der Waals surface area contributed by atoms with Gasteiger partial charge < -0.3 is 10.6 Å². The Bertz CT molecular complexity index is 586. The van der Waals surface area contributed by atoms with Gasteiger partial charge in [-0.3, -0.25) is 14.5 Å². The highest BCUT2D eigenvalue weighted by atomic mass is 16.2. The van der Waals surface area contributed by atoms with Gasteiger partial charge in [-0.05, 0) is 59.2 Å². The third kappa shape index (κ3) is 6.32. The molecule has 0 aliphatic rings. The fourth-order valence-electron chi connectivity index (χ4n) is 2.61. The van der Waals surface area contributed by atoms with Crippen LogP contribution in [-0.4, -0.2) is 42.4 Å². The molecule has 24 heavy (non-hydrogen) atoms. The zero-order chi connectivity index (χ0) is 18.5. The summed E-state index contributed by atoms with van der Waals surface area (Å²) in [6.07, 6.45) is 0.856. The Morgan fingerprint density at radius 1 is 1.04 bits per heavy atom. The molecule has 0 fully saturated rings. The van der Waals surface area contributed by atoms with Crippen LogP contribution in [0.4, 0.5) is 5.69 Å². The molecular formula is C19H31N3O2. The Morgan fingerprint density at radius 2 is 1.54 bits per heavy atom. The van der Waals surface area contributed by atoms with E-state index in [1.165, 1.54) is 5.56 Å². The molecule has 1 rings (SSSR count). The first-order valence-corrected chi connectivity index (χ1v) is 8.41. The van der Waals surface area contributed by atoms with Gasteiger partial charge in [0.15, 0.2) is 0 Å². The second-order valence-electron chi connectivity index (χ2n) is 7.28. The summed E-state index contributed by atoms with van der Waals surface area (Å²) in [6, 6.07) is 4.10. The maximum absolute atomic E-state index is 12.3. The van der Waals surface area contributed by atoms with Crippen LogP contribution in [0.1, 0.15) is 43.9 Å². The van der Waals surface area contributed by atoms with E-state index in [2.05, 4.69) is 10.6 Å². The van der Waals surface area contributed by atoms with Crippen LogP contribution in [0.2, 0.25) is 0 Å². The van der Waals surface area contributed by atoms with E-state index in [0.29, 0.717) is 0 Å². The van der Waals surface area contributed by atoms with Gasteiger partial charge in [0.05, 0.1) is 13.1 Å². The highest BCUT2D eigenvalue weighted by molar-refractivity contribution is 5.94. The third-order valence-electron chi connectivity index (χ3n) is 4.13. The van der Waals surface area contributed by atoms with Gasteiger partial charge >= 0.3 is 0 Å². The maximum Gasteiger partial charge on any atom is 0.238 e. The number of nitrogens with one attached hydrogen (secondary N) is 2. The molecule has 0 aromatic heterocycles. The van der Waals surface area contributed by atoms with Crippen molar-refractivity contribution in [2.45, 2.75) is 53.5 Å². The molecule has 134 valence electrons. The second kappa shape index (κ2) is 8.29. The lowest BCUT2D eigenvalue weighted by Crippen LogP contribution is -2.47. The Labute approximate surface area is 145 Å². The predicted molar refractivity (Wildman–Crippen MR) is 99.3 cm³/mol. The van der Waals surface area contributed by atoms with Crippen molar-refractivity contribution in [2.24, 2.45) is 0 Å². The SMILES string of the molecule is CCC(C)(C)NC(=O)CN(C)CC(=O)Nc1c(C)cc(C)cc1C. The van der Waals surface area contributed by atoms with Gasteiger partial charge in [-0.25, -0.2) is 0 Å². The fourth-order valence-corrected chi connectivity index (χ4v) is 2.61. The van der Waals surface area contributed by atoms with Crippen LogP contribution < -0.4 is 10.6 Å². The molecule has 0 spiro atoms. The fraction of sp³-hybridized carbons (Fsp3) is 0.579. The van der Waals surface area contributed by atoms with Gasteiger partial charge in [0.1, 0.15) is 0 Å². The minimum absolute atomic E-state index is 0.0696. The van der Waals surface area contributed by atoms with Gasteiger partial charge in [0, 0.05) is 11.2 Å². The van der Waals surface area contributed by atoms with Crippen LogP contribution in [0.3, 0.4) is 0 Å². The van der Waals surface area contributed by atoms with Crippen LogP contribution in [0.5, 0.6) is 0 Å². The normalized spacial score (nSPS) is 11.5. The number of carbonyl (C=O) groups is 2. The molecule has 5 nitrogen and oxygen atoms in total. The number of hydrogen-bond acceptors (Lipinski definition) is 3. The second-order valence-corrected chi connectivity index (χ2v) is 7.28. The highest BCUT2D eigenvalue weighted by Gasteiger charge is 2.19. The third-order valence-corrected chi connectivity index (χ3v) is 4.13. The van der Waals surface area contributed by atoms with E-state index in [1.54, 1.807) is 11.9 Å². The smallest absolute Gasteiger partial charge is 0.238 e. The summed E-state index contributed by atoms with van der Waals surface area (Å²) in [7, 11) is 1.77. The Morgan fingerprint density at radius 3 is 2.04 bits per heavy atom. The number of carbonyl (C=O) groups excluding carboxylic acids is 2. The summed E-state index contributed by atoms with van der Waals surface area (Å²) in [5.74, 6) is -0.185. The van der Waals surface area contributed by atoms with E-state index in [-0.39, 0.29) is 30.4 Å². The summed E-state index contributed by atoms with van der Waals surface area (Å²) in [5.41, 5.74) is 3.90. The van der Waals surface area contributed by atoms with E-state index in [9.17, 15) is 9.59 Å². The van der Waals surface area contributed by atoms with E-state index < -0.39 is 0 Å². The van der Waals surface area contributed by atoms with Crippen LogP contribution in [0.25, 0.3) is 0 Å². The zero-order valence-electron chi connectivity index (χ0n) is 16.0. The summed E-state index contributed by atoms with van der Waals surface area (Å²) in [4.78, 5) is 26.0. The minimum Gasteiger partial charge on any atom is -0.350 e. The number of benzene rings is 1.